The lowest BCUT2D eigenvalue weighted by Gasteiger charge is -2.31. The number of amides is 2. The molecule has 1 unspecified atom stereocenters. The van der Waals surface area contributed by atoms with E-state index in [4.69, 9.17) is 5.26 Å². The lowest BCUT2D eigenvalue weighted by molar-refractivity contribution is 0.170. The highest BCUT2D eigenvalue weighted by molar-refractivity contribution is 5.74. The lowest BCUT2D eigenvalue weighted by Crippen LogP contribution is -2.48. The quantitative estimate of drug-likeness (QED) is 0.658. The molecule has 1 aliphatic heterocycles. The Morgan fingerprint density at radius 2 is 2.46 bits per heavy atom. The number of urea groups is 1. The summed E-state index contributed by atoms with van der Waals surface area (Å²) in [5.41, 5.74) is 0. The maximum Gasteiger partial charge on any atom is 0.318 e. The van der Waals surface area contributed by atoms with Gasteiger partial charge < -0.3 is 10.2 Å². The molecule has 1 saturated heterocycles. The van der Waals surface area contributed by atoms with Crippen LogP contribution in [0.15, 0.2) is 0 Å². The molecule has 0 aliphatic carbocycles. The zero-order valence-corrected chi connectivity index (χ0v) is 7.92. The van der Waals surface area contributed by atoms with Crippen LogP contribution < -0.4 is 5.32 Å². The molecule has 1 atom stereocenters. The number of carbonyl (C=O) groups excluding carboxylic acids is 1. The first-order valence-corrected chi connectivity index (χ1v) is 4.73. The maximum atomic E-state index is 11.4. The number of nitrogens with one attached hydrogen (secondary N) is 1. The molecule has 1 fully saturated rings. The molecule has 4 nitrogen and oxygen atoms in total. The van der Waals surface area contributed by atoms with Crippen LogP contribution in [-0.2, 0) is 0 Å². The molecule has 0 aromatic heterocycles. The molecule has 0 bridgehead atoms. The first-order valence-electron chi connectivity index (χ1n) is 4.73. The number of hydrogen-bond acceptors (Lipinski definition) is 2. The third-order valence-corrected chi connectivity index (χ3v) is 2.24. The molecule has 0 radical (unpaired) electrons. The minimum atomic E-state index is -0.222. The molecule has 0 aromatic rings. The van der Waals surface area contributed by atoms with E-state index in [1.165, 1.54) is 0 Å². The fourth-order valence-corrected chi connectivity index (χ4v) is 1.56. The number of hydrogen-bond donors (Lipinski definition) is 1. The highest BCUT2D eigenvalue weighted by atomic mass is 16.2. The Hall–Kier alpha value is -1.24. The number of rotatable bonds is 1. The van der Waals surface area contributed by atoms with Crippen molar-refractivity contribution in [1.82, 2.24) is 10.2 Å². The van der Waals surface area contributed by atoms with Crippen LogP contribution >= 0.6 is 0 Å². The Labute approximate surface area is 78.5 Å². The predicted octanol–water partition coefficient (Wildman–Crippen LogP) is 1.09. The average Bonchev–Trinajstić information content (AvgIpc) is 2.18. The summed E-state index contributed by atoms with van der Waals surface area (Å²) in [6.45, 7) is 3.21. The molecule has 72 valence electrons. The summed E-state index contributed by atoms with van der Waals surface area (Å²) in [5.74, 6) is 0. The van der Waals surface area contributed by atoms with E-state index in [1.807, 2.05) is 6.92 Å². The summed E-state index contributed by atoms with van der Waals surface area (Å²) in [4.78, 5) is 13.1. The van der Waals surface area contributed by atoms with Crippen molar-refractivity contribution in [2.75, 3.05) is 13.1 Å². The number of nitriles is 1. The first kappa shape index (κ1) is 9.85. The molecule has 1 heterocycles. The van der Waals surface area contributed by atoms with Gasteiger partial charge in [0.1, 0.15) is 6.04 Å². The monoisotopic (exact) mass is 181 g/mol. The van der Waals surface area contributed by atoms with Gasteiger partial charge in [-0.2, -0.15) is 5.26 Å². The summed E-state index contributed by atoms with van der Waals surface area (Å²) in [6.07, 6.45) is 2.87. The number of likely N-dealkylation sites (tertiary alicyclic amines) is 1. The van der Waals surface area contributed by atoms with Gasteiger partial charge in [0.05, 0.1) is 6.07 Å². The fourth-order valence-electron chi connectivity index (χ4n) is 1.56. The fraction of sp³-hybridized carbons (Fsp3) is 0.778. The molecular weight excluding hydrogens is 166 g/mol. The van der Waals surface area contributed by atoms with Crippen LogP contribution in [0.1, 0.15) is 26.2 Å². The largest absolute Gasteiger partial charge is 0.338 e. The van der Waals surface area contributed by atoms with Gasteiger partial charge >= 0.3 is 6.03 Å². The number of piperidine rings is 1. The molecule has 1 rings (SSSR count). The smallest absolute Gasteiger partial charge is 0.318 e. The van der Waals surface area contributed by atoms with E-state index in [9.17, 15) is 4.79 Å². The zero-order chi connectivity index (χ0) is 9.68. The van der Waals surface area contributed by atoms with E-state index in [2.05, 4.69) is 11.4 Å². The average molecular weight is 181 g/mol. The lowest BCUT2D eigenvalue weighted by atomic mass is 10.0. The zero-order valence-electron chi connectivity index (χ0n) is 7.92. The van der Waals surface area contributed by atoms with Crippen molar-refractivity contribution in [3.05, 3.63) is 0 Å². The van der Waals surface area contributed by atoms with Crippen molar-refractivity contribution in [3.63, 3.8) is 0 Å². The summed E-state index contributed by atoms with van der Waals surface area (Å²) in [5, 5.41) is 11.5. The molecule has 2 amide bonds. The molecule has 0 saturated carbocycles. The number of carbonyl (C=O) groups is 1. The van der Waals surface area contributed by atoms with Gasteiger partial charge in [-0.3, -0.25) is 0 Å². The van der Waals surface area contributed by atoms with E-state index in [-0.39, 0.29) is 12.1 Å². The van der Waals surface area contributed by atoms with Crippen molar-refractivity contribution >= 4 is 6.03 Å². The minimum absolute atomic E-state index is 0.103. The van der Waals surface area contributed by atoms with Gasteiger partial charge in [0.15, 0.2) is 0 Å². The Bertz CT molecular complexity index is 221. The Morgan fingerprint density at radius 3 is 3.08 bits per heavy atom. The second-order valence-electron chi connectivity index (χ2n) is 3.17. The highest BCUT2D eigenvalue weighted by Crippen LogP contribution is 2.15. The molecule has 4 heteroatoms. The maximum absolute atomic E-state index is 11.4. The Balaban J connectivity index is 2.54. The standard InChI is InChI=1S/C9H15N3O/c1-2-11-9(13)12-6-4-3-5-8(12)7-10/h8H,2-6H2,1H3,(H,11,13). The van der Waals surface area contributed by atoms with Crippen molar-refractivity contribution in [3.8, 4) is 6.07 Å². The van der Waals surface area contributed by atoms with Gasteiger partial charge in [-0.25, -0.2) is 4.79 Å². The second-order valence-corrected chi connectivity index (χ2v) is 3.17. The molecule has 1 N–H and O–H groups in total. The van der Waals surface area contributed by atoms with Gasteiger partial charge in [0, 0.05) is 13.1 Å². The van der Waals surface area contributed by atoms with E-state index in [1.54, 1.807) is 4.90 Å². The molecule has 1 aliphatic rings. The van der Waals surface area contributed by atoms with E-state index in [0.29, 0.717) is 13.1 Å². The van der Waals surface area contributed by atoms with Gasteiger partial charge in [0.2, 0.25) is 0 Å². The van der Waals surface area contributed by atoms with Crippen LogP contribution in [0, 0.1) is 11.3 Å². The minimum Gasteiger partial charge on any atom is -0.338 e. The van der Waals surface area contributed by atoms with Crippen molar-refractivity contribution in [2.45, 2.75) is 32.2 Å². The summed E-state index contributed by atoms with van der Waals surface area (Å²) >= 11 is 0. The molecule has 0 aromatic carbocycles. The second kappa shape index (κ2) is 4.70. The summed E-state index contributed by atoms with van der Waals surface area (Å²) in [7, 11) is 0. The van der Waals surface area contributed by atoms with Crippen LogP contribution in [0.3, 0.4) is 0 Å². The Morgan fingerprint density at radius 1 is 1.69 bits per heavy atom. The molecule has 0 spiro atoms. The number of nitrogens with zero attached hydrogens (tertiary/aromatic N) is 2. The van der Waals surface area contributed by atoms with Crippen LogP contribution in [0.2, 0.25) is 0 Å². The van der Waals surface area contributed by atoms with Gasteiger partial charge in [-0.15, -0.1) is 0 Å². The SMILES string of the molecule is CCNC(=O)N1CCCCC1C#N. The van der Waals surface area contributed by atoms with Crippen molar-refractivity contribution < 1.29 is 4.79 Å². The van der Waals surface area contributed by atoms with Crippen molar-refractivity contribution in [2.24, 2.45) is 0 Å². The van der Waals surface area contributed by atoms with Crippen LogP contribution in [-0.4, -0.2) is 30.1 Å². The van der Waals surface area contributed by atoms with Gasteiger partial charge in [-0.1, -0.05) is 0 Å². The third kappa shape index (κ3) is 2.35. The predicted molar refractivity (Wildman–Crippen MR) is 49.0 cm³/mol. The van der Waals surface area contributed by atoms with Gasteiger partial charge in [-0.05, 0) is 26.2 Å². The molecule has 13 heavy (non-hydrogen) atoms. The third-order valence-electron chi connectivity index (χ3n) is 2.24. The van der Waals surface area contributed by atoms with Crippen LogP contribution in [0.25, 0.3) is 0 Å². The topological polar surface area (TPSA) is 56.1 Å². The van der Waals surface area contributed by atoms with E-state index >= 15 is 0 Å². The summed E-state index contributed by atoms with van der Waals surface area (Å²) < 4.78 is 0. The van der Waals surface area contributed by atoms with E-state index < -0.39 is 0 Å². The summed E-state index contributed by atoms with van der Waals surface area (Å²) in [6, 6.07) is 1.83. The van der Waals surface area contributed by atoms with Crippen LogP contribution in [0.4, 0.5) is 4.79 Å². The van der Waals surface area contributed by atoms with Crippen molar-refractivity contribution in [1.29, 1.82) is 5.26 Å². The highest BCUT2D eigenvalue weighted by Gasteiger charge is 2.25. The van der Waals surface area contributed by atoms with Gasteiger partial charge in [0.25, 0.3) is 0 Å². The first-order chi connectivity index (χ1) is 6.29. The normalized spacial score (nSPS) is 22.2. The van der Waals surface area contributed by atoms with E-state index in [0.717, 1.165) is 19.3 Å². The Kier molecular flexibility index (Phi) is 3.56. The molecular formula is C9H15N3O. The van der Waals surface area contributed by atoms with Crippen LogP contribution in [0.5, 0.6) is 0 Å².